The molecule has 0 aliphatic heterocycles. The highest BCUT2D eigenvalue weighted by molar-refractivity contribution is 7.22. The Hall–Kier alpha value is -2.74. The van der Waals surface area contributed by atoms with Gasteiger partial charge in [-0.2, -0.15) is 5.10 Å². The summed E-state index contributed by atoms with van der Waals surface area (Å²) in [6.45, 7) is 7.38. The molecule has 8 heteroatoms. The van der Waals surface area contributed by atoms with Crippen molar-refractivity contribution in [3.63, 3.8) is 0 Å². The summed E-state index contributed by atoms with van der Waals surface area (Å²) in [5.74, 6) is -0.0741. The molecule has 0 saturated carbocycles. The van der Waals surface area contributed by atoms with E-state index in [-0.39, 0.29) is 18.3 Å². The SMILES string of the molecule is Cc1cc(C)c2nc(N(CCN(C)C)C(=O)c3cnn(-c4ccccc4)c3C)sc2c1.Cl. The van der Waals surface area contributed by atoms with Crippen molar-refractivity contribution in [1.29, 1.82) is 0 Å². The summed E-state index contributed by atoms with van der Waals surface area (Å²) in [7, 11) is 4.01. The van der Waals surface area contributed by atoms with E-state index in [9.17, 15) is 4.79 Å². The lowest BCUT2D eigenvalue weighted by molar-refractivity contribution is 0.0984. The Balaban J connectivity index is 0.00000289. The second-order valence-corrected chi connectivity index (χ2v) is 9.09. The van der Waals surface area contributed by atoms with Crippen LogP contribution in [0.15, 0.2) is 48.7 Å². The first-order valence-corrected chi connectivity index (χ1v) is 11.1. The normalized spacial score (nSPS) is 11.1. The van der Waals surface area contributed by atoms with Crippen molar-refractivity contribution in [2.45, 2.75) is 20.8 Å². The lowest BCUT2D eigenvalue weighted by Gasteiger charge is -2.21. The zero-order valence-electron chi connectivity index (χ0n) is 19.0. The fourth-order valence-electron chi connectivity index (χ4n) is 3.65. The molecule has 1 amide bonds. The molecule has 0 aliphatic rings. The Labute approximate surface area is 198 Å². The molecule has 168 valence electrons. The number of hydrogen-bond donors (Lipinski definition) is 0. The summed E-state index contributed by atoms with van der Waals surface area (Å²) in [6.07, 6.45) is 1.66. The number of para-hydroxylation sites is 1. The molecular formula is C24H28ClN5OS. The Morgan fingerprint density at radius 2 is 1.78 bits per heavy atom. The second kappa shape index (κ2) is 9.81. The molecule has 6 nitrogen and oxygen atoms in total. The predicted octanol–water partition coefficient (Wildman–Crippen LogP) is 5.04. The molecule has 0 bridgehead atoms. The molecule has 4 rings (SSSR count). The first-order chi connectivity index (χ1) is 14.8. The molecule has 4 aromatic rings. The molecule has 0 N–H and O–H groups in total. The van der Waals surface area contributed by atoms with E-state index < -0.39 is 0 Å². The monoisotopic (exact) mass is 469 g/mol. The van der Waals surface area contributed by atoms with Gasteiger partial charge in [-0.25, -0.2) is 9.67 Å². The third-order valence-electron chi connectivity index (χ3n) is 5.31. The lowest BCUT2D eigenvalue weighted by Crippen LogP contribution is -2.37. The van der Waals surface area contributed by atoms with Crippen molar-refractivity contribution in [1.82, 2.24) is 19.7 Å². The summed E-state index contributed by atoms with van der Waals surface area (Å²) in [4.78, 5) is 22.4. The number of carbonyl (C=O) groups is 1. The van der Waals surface area contributed by atoms with Crippen LogP contribution in [0.1, 0.15) is 27.2 Å². The molecule has 0 spiro atoms. The number of hydrogen-bond acceptors (Lipinski definition) is 5. The molecule has 0 fully saturated rings. The number of amides is 1. The Morgan fingerprint density at radius 1 is 1.06 bits per heavy atom. The number of carbonyl (C=O) groups excluding carboxylic acids is 1. The number of anilines is 1. The van der Waals surface area contributed by atoms with E-state index in [0.29, 0.717) is 12.1 Å². The number of benzene rings is 2. The molecule has 0 atom stereocenters. The Morgan fingerprint density at radius 3 is 2.47 bits per heavy atom. The van der Waals surface area contributed by atoms with Crippen LogP contribution in [0, 0.1) is 20.8 Å². The lowest BCUT2D eigenvalue weighted by atomic mass is 10.1. The molecular weight excluding hydrogens is 442 g/mol. The summed E-state index contributed by atoms with van der Waals surface area (Å²) in [6, 6.07) is 14.1. The Kier molecular flexibility index (Phi) is 7.33. The molecule has 0 unspecified atom stereocenters. The van der Waals surface area contributed by atoms with Gasteiger partial charge in [0, 0.05) is 13.1 Å². The number of fused-ring (bicyclic) bond motifs is 1. The maximum absolute atomic E-state index is 13.7. The van der Waals surface area contributed by atoms with Gasteiger partial charge < -0.3 is 4.90 Å². The van der Waals surface area contributed by atoms with Crippen LogP contribution in [0.25, 0.3) is 15.9 Å². The van der Waals surface area contributed by atoms with Crippen LogP contribution in [0.4, 0.5) is 5.13 Å². The van der Waals surface area contributed by atoms with Gasteiger partial charge in [-0.1, -0.05) is 35.6 Å². The molecule has 2 aromatic carbocycles. The van der Waals surface area contributed by atoms with E-state index in [0.717, 1.165) is 38.8 Å². The fraction of sp³-hybridized carbons (Fsp3) is 0.292. The van der Waals surface area contributed by atoms with Crippen LogP contribution >= 0.6 is 23.7 Å². The van der Waals surface area contributed by atoms with Crippen molar-refractivity contribution in [3.8, 4) is 5.69 Å². The number of likely N-dealkylation sites (N-methyl/N-ethyl adjacent to an activating group) is 1. The van der Waals surface area contributed by atoms with Crippen LogP contribution in [0.2, 0.25) is 0 Å². The fourth-order valence-corrected chi connectivity index (χ4v) is 4.82. The predicted molar refractivity (Wildman–Crippen MR) is 135 cm³/mol. The third-order valence-corrected chi connectivity index (χ3v) is 6.33. The molecule has 0 saturated heterocycles. The minimum Gasteiger partial charge on any atom is -0.308 e. The van der Waals surface area contributed by atoms with E-state index in [1.807, 2.05) is 56.0 Å². The van der Waals surface area contributed by atoms with Gasteiger partial charge in [0.25, 0.3) is 5.91 Å². The van der Waals surface area contributed by atoms with Crippen LogP contribution < -0.4 is 4.90 Å². The topological polar surface area (TPSA) is 54.3 Å². The first kappa shape index (κ1) is 23.9. The van der Waals surface area contributed by atoms with E-state index >= 15 is 0 Å². The summed E-state index contributed by atoms with van der Waals surface area (Å²) in [5.41, 5.74) is 5.64. The number of rotatable bonds is 6. The van der Waals surface area contributed by atoms with Gasteiger partial charge in [0.05, 0.1) is 33.4 Å². The van der Waals surface area contributed by atoms with Crippen molar-refractivity contribution >= 4 is 45.0 Å². The van der Waals surface area contributed by atoms with Crippen molar-refractivity contribution in [2.24, 2.45) is 0 Å². The van der Waals surface area contributed by atoms with Gasteiger partial charge in [-0.15, -0.1) is 12.4 Å². The maximum atomic E-state index is 13.7. The number of halogens is 1. The second-order valence-electron chi connectivity index (χ2n) is 8.08. The van der Waals surface area contributed by atoms with Crippen LogP contribution in [-0.4, -0.2) is 52.8 Å². The molecule has 2 heterocycles. The largest absolute Gasteiger partial charge is 0.308 e. The van der Waals surface area contributed by atoms with Crippen LogP contribution in [0.5, 0.6) is 0 Å². The highest BCUT2D eigenvalue weighted by Gasteiger charge is 2.25. The van der Waals surface area contributed by atoms with Crippen molar-refractivity contribution in [3.05, 3.63) is 71.0 Å². The van der Waals surface area contributed by atoms with Gasteiger partial charge in [0.2, 0.25) is 0 Å². The number of nitrogens with zero attached hydrogens (tertiary/aromatic N) is 5. The third kappa shape index (κ3) is 4.70. The van der Waals surface area contributed by atoms with E-state index in [4.69, 9.17) is 4.98 Å². The van der Waals surface area contributed by atoms with Gasteiger partial charge in [0.15, 0.2) is 5.13 Å². The summed E-state index contributed by atoms with van der Waals surface area (Å²) < 4.78 is 2.91. The average Bonchev–Trinajstić information content (AvgIpc) is 3.32. The minimum absolute atomic E-state index is 0. The van der Waals surface area contributed by atoms with E-state index in [1.165, 1.54) is 5.56 Å². The van der Waals surface area contributed by atoms with Gasteiger partial charge in [-0.3, -0.25) is 9.69 Å². The molecule has 0 radical (unpaired) electrons. The van der Waals surface area contributed by atoms with E-state index in [1.54, 1.807) is 22.4 Å². The highest BCUT2D eigenvalue weighted by Crippen LogP contribution is 2.32. The standard InChI is InChI=1S/C24H27N5OS.ClH/c1-16-13-17(2)22-21(14-16)31-24(26-22)28(12-11-27(4)5)23(30)20-15-25-29(18(20)3)19-9-7-6-8-10-19;/h6-10,13-15H,11-12H2,1-5H3;1H. The first-order valence-electron chi connectivity index (χ1n) is 10.3. The van der Waals surface area contributed by atoms with E-state index in [2.05, 4.69) is 36.0 Å². The highest BCUT2D eigenvalue weighted by atomic mass is 35.5. The zero-order chi connectivity index (χ0) is 22.1. The molecule has 0 aliphatic carbocycles. The van der Waals surface area contributed by atoms with Gasteiger partial charge in [-0.05, 0) is 64.2 Å². The molecule has 2 aromatic heterocycles. The van der Waals surface area contributed by atoms with Gasteiger partial charge >= 0.3 is 0 Å². The number of aryl methyl sites for hydroxylation is 2. The molecule has 32 heavy (non-hydrogen) atoms. The smallest absolute Gasteiger partial charge is 0.263 e. The zero-order valence-corrected chi connectivity index (χ0v) is 20.6. The van der Waals surface area contributed by atoms with Crippen LogP contribution in [0.3, 0.4) is 0 Å². The van der Waals surface area contributed by atoms with Gasteiger partial charge in [0.1, 0.15) is 0 Å². The maximum Gasteiger partial charge on any atom is 0.263 e. The average molecular weight is 470 g/mol. The van der Waals surface area contributed by atoms with Crippen LogP contribution in [-0.2, 0) is 0 Å². The quantitative estimate of drug-likeness (QED) is 0.397. The van der Waals surface area contributed by atoms with Crippen molar-refractivity contribution < 1.29 is 4.79 Å². The number of aromatic nitrogens is 3. The van der Waals surface area contributed by atoms with Crippen molar-refractivity contribution in [2.75, 3.05) is 32.1 Å². The summed E-state index contributed by atoms with van der Waals surface area (Å²) in [5, 5.41) is 5.21. The Bertz CT molecular complexity index is 1230. The minimum atomic E-state index is -0.0741. The number of thiazole rings is 1. The summed E-state index contributed by atoms with van der Waals surface area (Å²) >= 11 is 1.57.